The highest BCUT2D eigenvalue weighted by molar-refractivity contribution is 4.70. The lowest BCUT2D eigenvalue weighted by Gasteiger charge is -2.32. The Labute approximate surface area is 81.3 Å². The number of hydrogen-bond donors (Lipinski definition) is 1. The van der Waals surface area contributed by atoms with Crippen molar-refractivity contribution in [3.8, 4) is 0 Å². The number of rotatable bonds is 4. The molecule has 1 heterocycles. The molecule has 0 radical (unpaired) electrons. The van der Waals surface area contributed by atoms with Crippen molar-refractivity contribution in [2.45, 2.75) is 25.9 Å². The molecule has 0 amide bonds. The van der Waals surface area contributed by atoms with E-state index in [1.54, 1.807) is 0 Å². The van der Waals surface area contributed by atoms with Crippen molar-refractivity contribution in [2.24, 2.45) is 0 Å². The van der Waals surface area contributed by atoms with Gasteiger partial charge in [0.1, 0.15) is 0 Å². The third-order valence-corrected chi connectivity index (χ3v) is 2.85. The van der Waals surface area contributed by atoms with Crippen LogP contribution in [0.1, 0.15) is 19.8 Å². The van der Waals surface area contributed by atoms with Gasteiger partial charge in [-0.3, -0.25) is 0 Å². The first-order valence-corrected chi connectivity index (χ1v) is 5.31. The largest absolute Gasteiger partial charge is 0.393 e. The summed E-state index contributed by atoms with van der Waals surface area (Å²) in [4.78, 5) is 4.80. The van der Waals surface area contributed by atoms with E-state index in [1.807, 2.05) is 6.92 Å². The van der Waals surface area contributed by atoms with Gasteiger partial charge in [-0.1, -0.05) is 6.92 Å². The fraction of sp³-hybridized carbons (Fsp3) is 1.00. The highest BCUT2D eigenvalue weighted by atomic mass is 16.3. The van der Waals surface area contributed by atoms with Crippen molar-refractivity contribution >= 4 is 0 Å². The van der Waals surface area contributed by atoms with Crippen LogP contribution in [-0.4, -0.2) is 60.8 Å². The zero-order valence-electron chi connectivity index (χ0n) is 8.87. The minimum absolute atomic E-state index is 0.0975. The first-order chi connectivity index (χ1) is 6.22. The first kappa shape index (κ1) is 11.0. The smallest absolute Gasteiger partial charge is 0.0549 e. The zero-order chi connectivity index (χ0) is 9.68. The lowest BCUT2D eigenvalue weighted by atomic mass is 10.2. The van der Waals surface area contributed by atoms with E-state index in [0.717, 1.165) is 32.5 Å². The summed E-state index contributed by atoms with van der Waals surface area (Å²) in [6.45, 7) is 7.75. The predicted octanol–water partition coefficient (Wildman–Crippen LogP) is 0.395. The van der Waals surface area contributed by atoms with Gasteiger partial charge in [-0.2, -0.15) is 0 Å². The quantitative estimate of drug-likeness (QED) is 0.688. The van der Waals surface area contributed by atoms with Crippen LogP contribution in [0, 0.1) is 0 Å². The summed E-state index contributed by atoms with van der Waals surface area (Å²) in [5, 5.41) is 9.40. The second-order valence-electron chi connectivity index (χ2n) is 4.00. The van der Waals surface area contributed by atoms with Gasteiger partial charge in [0.25, 0.3) is 0 Å². The topological polar surface area (TPSA) is 26.7 Å². The SMILES string of the molecule is CCC(O)CCN1CCN(C)CC1. The van der Waals surface area contributed by atoms with Crippen molar-refractivity contribution in [3.05, 3.63) is 0 Å². The molecule has 0 saturated carbocycles. The van der Waals surface area contributed by atoms with Gasteiger partial charge in [-0.15, -0.1) is 0 Å². The molecule has 1 aliphatic rings. The van der Waals surface area contributed by atoms with E-state index in [4.69, 9.17) is 0 Å². The van der Waals surface area contributed by atoms with E-state index in [1.165, 1.54) is 13.1 Å². The molecule has 1 atom stereocenters. The third kappa shape index (κ3) is 4.07. The second-order valence-corrected chi connectivity index (χ2v) is 4.00. The van der Waals surface area contributed by atoms with Crippen LogP contribution in [0.4, 0.5) is 0 Å². The molecule has 0 aliphatic carbocycles. The van der Waals surface area contributed by atoms with Gasteiger partial charge >= 0.3 is 0 Å². The second kappa shape index (κ2) is 5.58. The molecular weight excluding hydrogens is 164 g/mol. The Kier molecular flexibility index (Phi) is 4.70. The Bertz CT molecular complexity index is 133. The van der Waals surface area contributed by atoms with Gasteiger partial charge in [-0.25, -0.2) is 0 Å². The molecule has 0 aromatic carbocycles. The molecule has 78 valence electrons. The minimum atomic E-state index is -0.0975. The molecule has 1 saturated heterocycles. The van der Waals surface area contributed by atoms with Crippen LogP contribution in [0.25, 0.3) is 0 Å². The Balaban J connectivity index is 2.08. The van der Waals surface area contributed by atoms with E-state index in [0.29, 0.717) is 0 Å². The lowest BCUT2D eigenvalue weighted by Crippen LogP contribution is -2.45. The van der Waals surface area contributed by atoms with E-state index in [9.17, 15) is 5.11 Å². The molecule has 1 fully saturated rings. The molecule has 1 aliphatic heterocycles. The average Bonchev–Trinajstić information content (AvgIpc) is 2.16. The van der Waals surface area contributed by atoms with Gasteiger partial charge in [0.05, 0.1) is 6.10 Å². The summed E-state index contributed by atoms with van der Waals surface area (Å²) >= 11 is 0. The first-order valence-electron chi connectivity index (χ1n) is 5.31. The van der Waals surface area contributed by atoms with E-state index < -0.39 is 0 Å². The molecule has 13 heavy (non-hydrogen) atoms. The fourth-order valence-corrected chi connectivity index (χ4v) is 1.61. The Morgan fingerprint density at radius 3 is 2.38 bits per heavy atom. The third-order valence-electron chi connectivity index (χ3n) is 2.85. The van der Waals surface area contributed by atoms with E-state index in [2.05, 4.69) is 16.8 Å². The fourth-order valence-electron chi connectivity index (χ4n) is 1.61. The Morgan fingerprint density at radius 1 is 1.23 bits per heavy atom. The van der Waals surface area contributed by atoms with Gasteiger partial charge in [0.15, 0.2) is 0 Å². The summed E-state index contributed by atoms with van der Waals surface area (Å²) in [6, 6.07) is 0. The molecule has 1 unspecified atom stereocenters. The molecule has 0 aromatic heterocycles. The highest BCUT2D eigenvalue weighted by Gasteiger charge is 2.13. The number of aliphatic hydroxyl groups excluding tert-OH is 1. The average molecular weight is 186 g/mol. The van der Waals surface area contributed by atoms with Gasteiger partial charge in [0, 0.05) is 32.7 Å². The molecule has 0 spiro atoms. The van der Waals surface area contributed by atoms with Gasteiger partial charge < -0.3 is 14.9 Å². The number of aliphatic hydroxyl groups is 1. The molecule has 3 heteroatoms. The van der Waals surface area contributed by atoms with Crippen molar-refractivity contribution in [3.63, 3.8) is 0 Å². The summed E-state index contributed by atoms with van der Waals surface area (Å²) in [6.07, 6.45) is 1.72. The van der Waals surface area contributed by atoms with Crippen molar-refractivity contribution in [1.29, 1.82) is 0 Å². The van der Waals surface area contributed by atoms with Gasteiger partial charge in [-0.05, 0) is 19.9 Å². The summed E-state index contributed by atoms with van der Waals surface area (Å²) < 4.78 is 0. The number of piperazine rings is 1. The molecule has 1 N–H and O–H groups in total. The molecule has 0 aromatic rings. The maximum absolute atomic E-state index is 9.40. The number of hydrogen-bond acceptors (Lipinski definition) is 3. The Morgan fingerprint density at radius 2 is 1.85 bits per heavy atom. The van der Waals surface area contributed by atoms with Crippen molar-refractivity contribution in [1.82, 2.24) is 9.80 Å². The van der Waals surface area contributed by atoms with Crippen LogP contribution in [-0.2, 0) is 0 Å². The van der Waals surface area contributed by atoms with Crippen LogP contribution in [0.15, 0.2) is 0 Å². The zero-order valence-corrected chi connectivity index (χ0v) is 8.87. The molecular formula is C10H22N2O. The van der Waals surface area contributed by atoms with Crippen LogP contribution < -0.4 is 0 Å². The maximum atomic E-state index is 9.40. The van der Waals surface area contributed by atoms with E-state index >= 15 is 0 Å². The van der Waals surface area contributed by atoms with Crippen LogP contribution in [0.2, 0.25) is 0 Å². The molecule has 0 bridgehead atoms. The standard InChI is InChI=1S/C10H22N2O/c1-3-10(13)4-5-12-8-6-11(2)7-9-12/h10,13H,3-9H2,1-2H3. The lowest BCUT2D eigenvalue weighted by molar-refractivity contribution is 0.110. The summed E-state index contributed by atoms with van der Waals surface area (Å²) in [5.74, 6) is 0. The van der Waals surface area contributed by atoms with Crippen LogP contribution >= 0.6 is 0 Å². The van der Waals surface area contributed by atoms with Crippen molar-refractivity contribution < 1.29 is 5.11 Å². The summed E-state index contributed by atoms with van der Waals surface area (Å²) in [5.41, 5.74) is 0. The van der Waals surface area contributed by atoms with Crippen LogP contribution in [0.5, 0.6) is 0 Å². The highest BCUT2D eigenvalue weighted by Crippen LogP contribution is 2.03. The number of likely N-dealkylation sites (N-methyl/N-ethyl adjacent to an activating group) is 1. The summed E-state index contributed by atoms with van der Waals surface area (Å²) in [7, 11) is 2.16. The van der Waals surface area contributed by atoms with Crippen molar-refractivity contribution in [2.75, 3.05) is 39.8 Å². The number of nitrogens with zero attached hydrogens (tertiary/aromatic N) is 2. The van der Waals surface area contributed by atoms with Gasteiger partial charge in [0.2, 0.25) is 0 Å². The Hall–Kier alpha value is -0.120. The van der Waals surface area contributed by atoms with E-state index in [-0.39, 0.29) is 6.10 Å². The van der Waals surface area contributed by atoms with Crippen LogP contribution in [0.3, 0.4) is 0 Å². The molecule has 3 nitrogen and oxygen atoms in total. The normalized spacial score (nSPS) is 23.3. The minimum Gasteiger partial charge on any atom is -0.393 e. The monoisotopic (exact) mass is 186 g/mol. The maximum Gasteiger partial charge on any atom is 0.0549 e. The predicted molar refractivity (Wildman–Crippen MR) is 54.9 cm³/mol. The molecule has 1 rings (SSSR count).